The van der Waals surface area contributed by atoms with Crippen molar-refractivity contribution in [3.63, 3.8) is 0 Å². The maximum Gasteiger partial charge on any atom is 0.273 e. The molecule has 1 unspecified atom stereocenters. The van der Waals surface area contributed by atoms with Crippen molar-refractivity contribution in [2.24, 2.45) is 0 Å². The molecule has 1 aliphatic rings. The van der Waals surface area contributed by atoms with E-state index in [-0.39, 0.29) is 17.7 Å². The smallest absolute Gasteiger partial charge is 0.273 e. The van der Waals surface area contributed by atoms with Crippen molar-refractivity contribution in [3.8, 4) is 0 Å². The Bertz CT molecular complexity index is 986. The van der Waals surface area contributed by atoms with E-state index in [1.54, 1.807) is 0 Å². The SMILES string of the molecule is O=C(NCC1CCCO1)c1coc(CN(Cc2ccccc2)Cc2ccccc2Cl)n1. The van der Waals surface area contributed by atoms with Gasteiger partial charge in [0.1, 0.15) is 6.26 Å². The first-order chi connectivity index (χ1) is 15.2. The molecule has 6 nitrogen and oxygen atoms in total. The van der Waals surface area contributed by atoms with Crippen LogP contribution in [0.2, 0.25) is 5.02 Å². The maximum atomic E-state index is 12.4. The largest absolute Gasteiger partial charge is 0.447 e. The van der Waals surface area contributed by atoms with E-state index in [1.165, 1.54) is 11.8 Å². The van der Waals surface area contributed by atoms with Crippen LogP contribution in [0.1, 0.15) is 40.3 Å². The van der Waals surface area contributed by atoms with E-state index in [2.05, 4.69) is 27.3 Å². The summed E-state index contributed by atoms with van der Waals surface area (Å²) < 4.78 is 11.2. The lowest BCUT2D eigenvalue weighted by molar-refractivity contribution is 0.0853. The van der Waals surface area contributed by atoms with Crippen LogP contribution in [0.3, 0.4) is 0 Å². The fourth-order valence-corrected chi connectivity index (χ4v) is 3.85. The summed E-state index contributed by atoms with van der Waals surface area (Å²) in [5.41, 5.74) is 2.49. The Kier molecular flexibility index (Phi) is 7.35. The highest BCUT2D eigenvalue weighted by atomic mass is 35.5. The number of rotatable bonds is 9. The third-order valence-electron chi connectivity index (χ3n) is 5.26. The Hall–Kier alpha value is -2.67. The number of nitrogens with one attached hydrogen (secondary N) is 1. The summed E-state index contributed by atoms with van der Waals surface area (Å²) in [4.78, 5) is 19.0. The zero-order chi connectivity index (χ0) is 21.5. The third kappa shape index (κ3) is 6.17. The summed E-state index contributed by atoms with van der Waals surface area (Å²) >= 11 is 6.38. The van der Waals surface area contributed by atoms with E-state index in [1.807, 2.05) is 42.5 Å². The Balaban J connectivity index is 1.42. The number of hydrogen-bond acceptors (Lipinski definition) is 5. The molecular formula is C24H26ClN3O3. The maximum absolute atomic E-state index is 12.4. The molecule has 2 heterocycles. The van der Waals surface area contributed by atoms with Crippen molar-refractivity contribution in [2.45, 2.75) is 38.6 Å². The summed E-state index contributed by atoms with van der Waals surface area (Å²) in [5.74, 6) is 0.247. The molecule has 31 heavy (non-hydrogen) atoms. The second-order valence-corrected chi connectivity index (χ2v) is 8.10. The van der Waals surface area contributed by atoms with E-state index in [0.29, 0.717) is 32.1 Å². The van der Waals surface area contributed by atoms with E-state index in [9.17, 15) is 4.79 Å². The molecule has 1 N–H and O–H groups in total. The van der Waals surface area contributed by atoms with Crippen molar-refractivity contribution >= 4 is 17.5 Å². The van der Waals surface area contributed by atoms with E-state index < -0.39 is 0 Å². The molecule has 0 aliphatic carbocycles. The summed E-state index contributed by atoms with van der Waals surface area (Å²) in [7, 11) is 0. The Morgan fingerprint density at radius 3 is 2.68 bits per heavy atom. The first-order valence-electron chi connectivity index (χ1n) is 10.5. The average molecular weight is 440 g/mol. The molecule has 162 valence electrons. The molecule has 2 aromatic carbocycles. The highest BCUT2D eigenvalue weighted by Gasteiger charge is 2.19. The van der Waals surface area contributed by atoms with Gasteiger partial charge in [-0.05, 0) is 30.0 Å². The number of carbonyl (C=O) groups excluding carboxylic acids is 1. The number of benzene rings is 2. The number of amides is 1. The number of aromatic nitrogens is 1. The first kappa shape index (κ1) is 21.6. The van der Waals surface area contributed by atoms with Crippen LogP contribution in [0, 0.1) is 0 Å². The molecule has 1 aliphatic heterocycles. The zero-order valence-corrected chi connectivity index (χ0v) is 18.1. The van der Waals surface area contributed by atoms with E-state index in [0.717, 1.165) is 30.0 Å². The minimum absolute atomic E-state index is 0.0901. The van der Waals surface area contributed by atoms with Gasteiger partial charge in [0.25, 0.3) is 5.91 Å². The van der Waals surface area contributed by atoms with Crippen molar-refractivity contribution in [2.75, 3.05) is 13.2 Å². The Morgan fingerprint density at radius 1 is 1.10 bits per heavy atom. The fourth-order valence-electron chi connectivity index (χ4n) is 3.66. The quantitative estimate of drug-likeness (QED) is 0.534. The second-order valence-electron chi connectivity index (χ2n) is 7.69. The minimum Gasteiger partial charge on any atom is -0.447 e. The van der Waals surface area contributed by atoms with Crippen LogP contribution in [0.5, 0.6) is 0 Å². The van der Waals surface area contributed by atoms with Gasteiger partial charge in [0, 0.05) is 31.3 Å². The molecule has 0 bridgehead atoms. The zero-order valence-electron chi connectivity index (χ0n) is 17.3. The van der Waals surface area contributed by atoms with Gasteiger partial charge < -0.3 is 14.5 Å². The highest BCUT2D eigenvalue weighted by molar-refractivity contribution is 6.31. The number of ether oxygens (including phenoxy) is 1. The van der Waals surface area contributed by atoms with Crippen LogP contribution in [0.15, 0.2) is 65.3 Å². The van der Waals surface area contributed by atoms with Gasteiger partial charge >= 0.3 is 0 Å². The van der Waals surface area contributed by atoms with Gasteiger partial charge in [-0.1, -0.05) is 60.1 Å². The van der Waals surface area contributed by atoms with E-state index in [4.69, 9.17) is 20.8 Å². The van der Waals surface area contributed by atoms with Crippen LogP contribution in [-0.4, -0.2) is 35.0 Å². The molecule has 0 radical (unpaired) electrons. The van der Waals surface area contributed by atoms with Crippen molar-refractivity contribution < 1.29 is 13.9 Å². The fraction of sp³-hybridized carbons (Fsp3) is 0.333. The van der Waals surface area contributed by atoms with Gasteiger partial charge in [-0.15, -0.1) is 0 Å². The van der Waals surface area contributed by atoms with Crippen LogP contribution in [0.25, 0.3) is 0 Å². The summed E-state index contributed by atoms with van der Waals surface area (Å²) in [6, 6.07) is 18.0. The highest BCUT2D eigenvalue weighted by Crippen LogP contribution is 2.20. The van der Waals surface area contributed by atoms with Crippen LogP contribution in [0.4, 0.5) is 0 Å². The monoisotopic (exact) mass is 439 g/mol. The number of nitrogens with zero attached hydrogens (tertiary/aromatic N) is 2. The topological polar surface area (TPSA) is 67.6 Å². The molecule has 1 saturated heterocycles. The molecule has 3 aromatic rings. The molecule has 4 rings (SSSR count). The molecule has 0 spiro atoms. The predicted molar refractivity (Wildman–Crippen MR) is 119 cm³/mol. The van der Waals surface area contributed by atoms with Crippen LogP contribution in [-0.2, 0) is 24.4 Å². The Morgan fingerprint density at radius 2 is 1.90 bits per heavy atom. The molecule has 0 saturated carbocycles. The van der Waals surface area contributed by atoms with Gasteiger partial charge in [0.05, 0.1) is 12.6 Å². The lowest BCUT2D eigenvalue weighted by atomic mass is 10.1. The summed E-state index contributed by atoms with van der Waals surface area (Å²) in [6.07, 6.45) is 3.52. The van der Waals surface area contributed by atoms with Crippen molar-refractivity contribution in [1.29, 1.82) is 0 Å². The van der Waals surface area contributed by atoms with Crippen molar-refractivity contribution in [1.82, 2.24) is 15.2 Å². The Labute approximate surface area is 187 Å². The average Bonchev–Trinajstić information content (AvgIpc) is 3.47. The summed E-state index contributed by atoms with van der Waals surface area (Å²) in [5, 5.41) is 3.60. The van der Waals surface area contributed by atoms with E-state index >= 15 is 0 Å². The number of oxazole rings is 1. The lowest BCUT2D eigenvalue weighted by Crippen LogP contribution is -2.32. The molecule has 7 heteroatoms. The van der Waals surface area contributed by atoms with Crippen molar-refractivity contribution in [3.05, 3.63) is 88.6 Å². The van der Waals surface area contributed by atoms with Gasteiger partial charge in [0.15, 0.2) is 5.69 Å². The third-order valence-corrected chi connectivity index (χ3v) is 5.63. The lowest BCUT2D eigenvalue weighted by Gasteiger charge is -2.21. The van der Waals surface area contributed by atoms with Crippen LogP contribution < -0.4 is 5.32 Å². The number of halogens is 1. The predicted octanol–water partition coefficient (Wildman–Crippen LogP) is 4.44. The second kappa shape index (κ2) is 10.6. The first-order valence-corrected chi connectivity index (χ1v) is 10.9. The number of hydrogen-bond donors (Lipinski definition) is 1. The molecule has 1 aromatic heterocycles. The molecule has 1 amide bonds. The van der Waals surface area contributed by atoms with Gasteiger partial charge in [-0.2, -0.15) is 0 Å². The molecular weight excluding hydrogens is 414 g/mol. The minimum atomic E-state index is -0.244. The normalized spacial score (nSPS) is 16.0. The molecule has 1 atom stereocenters. The summed E-state index contributed by atoms with van der Waals surface area (Å²) in [6.45, 7) is 3.05. The molecule has 1 fully saturated rings. The van der Waals surface area contributed by atoms with Crippen LogP contribution >= 0.6 is 11.6 Å². The van der Waals surface area contributed by atoms with Gasteiger partial charge in [-0.3, -0.25) is 9.69 Å². The number of carbonyl (C=O) groups is 1. The van der Waals surface area contributed by atoms with Gasteiger partial charge in [0.2, 0.25) is 5.89 Å². The standard InChI is InChI=1S/C24H26ClN3O3/c25-21-11-5-4-9-19(21)15-28(14-18-7-2-1-3-8-18)16-23-27-22(17-31-23)24(29)26-13-20-10-6-12-30-20/h1-5,7-9,11,17,20H,6,10,12-16H2,(H,26,29). The van der Waals surface area contributed by atoms with Gasteiger partial charge in [-0.25, -0.2) is 4.98 Å².